The molecular weight excluding hydrogens is 447 g/mol. The summed E-state index contributed by atoms with van der Waals surface area (Å²) < 4.78 is 41.8. The van der Waals surface area contributed by atoms with E-state index in [9.17, 15) is 22.8 Å². The number of benzene rings is 1. The van der Waals surface area contributed by atoms with Gasteiger partial charge in [0.05, 0.1) is 6.20 Å². The quantitative estimate of drug-likeness (QED) is 0.433. The van der Waals surface area contributed by atoms with E-state index in [0.29, 0.717) is 22.2 Å². The second-order valence-electron chi connectivity index (χ2n) is 7.99. The molecule has 7 nitrogen and oxygen atoms in total. The molecule has 10 heteroatoms. The number of aryl methyl sites for hydroxylation is 2. The third-order valence-corrected chi connectivity index (χ3v) is 5.72. The summed E-state index contributed by atoms with van der Waals surface area (Å²) in [4.78, 5) is 28.4. The van der Waals surface area contributed by atoms with E-state index < -0.39 is 6.30 Å². The Kier molecular flexibility index (Phi) is 4.82. The average Bonchev–Trinajstić information content (AvgIpc) is 3.46. The second-order valence-corrected chi connectivity index (χ2v) is 7.99. The molecule has 0 aliphatic heterocycles. The predicted molar refractivity (Wildman–Crippen MR) is 122 cm³/mol. The van der Waals surface area contributed by atoms with Crippen LogP contribution >= 0.6 is 0 Å². The average molecular weight is 465 g/mol. The van der Waals surface area contributed by atoms with Crippen LogP contribution in [0, 0.1) is 0 Å². The van der Waals surface area contributed by atoms with Crippen LogP contribution in [0.2, 0.25) is 0 Å². The zero-order chi connectivity index (χ0) is 24.2. The number of nitrogens with zero attached hydrogens (tertiary/aromatic N) is 4. The van der Waals surface area contributed by atoms with Gasteiger partial charge in [-0.25, -0.2) is 0 Å². The molecule has 0 aliphatic carbocycles. The molecule has 0 aliphatic rings. The maximum absolute atomic E-state index is 13.0. The first-order valence-corrected chi connectivity index (χ1v) is 10.2. The molecule has 0 saturated carbocycles. The fraction of sp³-hybridized carbons (Fsp3) is 0.125. The first kappa shape index (κ1) is 21.5. The van der Waals surface area contributed by atoms with Gasteiger partial charge in [-0.15, -0.1) is 13.2 Å². The number of pyridine rings is 2. The Balaban J connectivity index is 1.79. The molecule has 0 atom stereocenters. The molecule has 1 aromatic carbocycles. The first-order chi connectivity index (χ1) is 16.1. The van der Waals surface area contributed by atoms with Crippen molar-refractivity contribution in [3.8, 4) is 33.5 Å². The maximum atomic E-state index is 13.0. The molecule has 5 rings (SSSR count). The normalized spacial score (nSPS) is 11.9. The molecule has 1 N–H and O–H groups in total. The number of fused-ring (bicyclic) bond motifs is 1. The number of hydrogen-bond donors (Lipinski definition) is 1. The van der Waals surface area contributed by atoms with Gasteiger partial charge >= 0.3 is 6.30 Å². The number of rotatable bonds is 3. The van der Waals surface area contributed by atoms with Gasteiger partial charge in [-0.3, -0.25) is 9.59 Å². The zero-order valence-corrected chi connectivity index (χ0v) is 18.1. The van der Waals surface area contributed by atoms with Crippen LogP contribution in [0.25, 0.3) is 44.4 Å². The van der Waals surface area contributed by atoms with E-state index in [4.69, 9.17) is 0 Å². The van der Waals surface area contributed by atoms with E-state index in [-0.39, 0.29) is 26.9 Å². The molecule has 0 unspecified atom stereocenters. The molecular formula is C24H18F3N5O2. The van der Waals surface area contributed by atoms with Crippen LogP contribution < -0.4 is 11.1 Å². The second kappa shape index (κ2) is 7.62. The lowest BCUT2D eigenvalue weighted by molar-refractivity contribution is -0.212. The van der Waals surface area contributed by atoms with Crippen LogP contribution in [0.3, 0.4) is 0 Å². The maximum Gasteiger partial charge on any atom is 0.504 e. The highest BCUT2D eigenvalue weighted by atomic mass is 19.4. The van der Waals surface area contributed by atoms with Crippen molar-refractivity contribution in [1.29, 1.82) is 0 Å². The van der Waals surface area contributed by atoms with Crippen LogP contribution in [0.4, 0.5) is 13.2 Å². The van der Waals surface area contributed by atoms with Gasteiger partial charge in [0, 0.05) is 66.5 Å². The molecule has 0 amide bonds. The van der Waals surface area contributed by atoms with E-state index in [1.54, 1.807) is 32.6 Å². The van der Waals surface area contributed by atoms with Crippen molar-refractivity contribution in [3.63, 3.8) is 0 Å². The van der Waals surface area contributed by atoms with E-state index in [0.717, 1.165) is 23.5 Å². The van der Waals surface area contributed by atoms with Gasteiger partial charge < -0.3 is 14.1 Å². The Hall–Kier alpha value is -4.34. The standard InChI is InChI=1S/C24H18F3N5O2/c1-30-12-18(14-6-4-3-5-7-14)16(9-21(30)33)19-13-31(2)23(34)22-17(19)8-20(29-22)15-10-28-32(11-15)24(25,26)27/h3-13,29H,1-2H3. The summed E-state index contributed by atoms with van der Waals surface area (Å²) in [5.74, 6) is 0. The highest BCUT2D eigenvalue weighted by Gasteiger charge is 2.32. The lowest BCUT2D eigenvalue weighted by Gasteiger charge is -2.14. The van der Waals surface area contributed by atoms with Crippen molar-refractivity contribution in [3.05, 3.63) is 88.0 Å². The number of aromatic nitrogens is 5. The van der Waals surface area contributed by atoms with E-state index in [1.165, 1.54) is 15.2 Å². The summed E-state index contributed by atoms with van der Waals surface area (Å²) >= 11 is 0. The van der Waals surface area contributed by atoms with Crippen LogP contribution in [-0.4, -0.2) is 23.9 Å². The van der Waals surface area contributed by atoms with Gasteiger partial charge in [-0.2, -0.15) is 9.78 Å². The lowest BCUT2D eigenvalue weighted by Crippen LogP contribution is -2.18. The van der Waals surface area contributed by atoms with Crippen LogP contribution in [0.1, 0.15) is 0 Å². The van der Waals surface area contributed by atoms with E-state index in [2.05, 4.69) is 10.1 Å². The zero-order valence-electron chi connectivity index (χ0n) is 18.1. The summed E-state index contributed by atoms with van der Waals surface area (Å²) in [7, 11) is 3.23. The fourth-order valence-corrected chi connectivity index (χ4v) is 4.00. The Morgan fingerprint density at radius 1 is 0.853 bits per heavy atom. The number of nitrogens with one attached hydrogen (secondary N) is 1. The number of alkyl halides is 3. The van der Waals surface area contributed by atoms with Crippen molar-refractivity contribution < 1.29 is 13.2 Å². The smallest absolute Gasteiger partial charge is 0.350 e. The van der Waals surface area contributed by atoms with Gasteiger partial charge in [0.15, 0.2) is 0 Å². The molecule has 5 aromatic rings. The fourth-order valence-electron chi connectivity index (χ4n) is 4.00. The molecule has 4 heterocycles. The highest BCUT2D eigenvalue weighted by Crippen LogP contribution is 2.36. The number of H-pyrrole nitrogens is 1. The lowest BCUT2D eigenvalue weighted by atomic mass is 9.95. The van der Waals surface area contributed by atoms with Crippen molar-refractivity contribution in [2.45, 2.75) is 6.30 Å². The molecule has 0 spiro atoms. The molecule has 34 heavy (non-hydrogen) atoms. The first-order valence-electron chi connectivity index (χ1n) is 10.2. The summed E-state index contributed by atoms with van der Waals surface area (Å²) in [6.45, 7) is 0. The summed E-state index contributed by atoms with van der Waals surface area (Å²) in [5.41, 5.74) is 2.96. The molecule has 0 bridgehead atoms. The monoisotopic (exact) mass is 465 g/mol. The minimum atomic E-state index is -4.65. The van der Waals surface area contributed by atoms with Crippen LogP contribution in [0.15, 0.2) is 76.8 Å². The molecule has 4 aromatic heterocycles. The van der Waals surface area contributed by atoms with Crippen molar-refractivity contribution in [2.75, 3.05) is 0 Å². The van der Waals surface area contributed by atoms with Gasteiger partial charge in [-0.1, -0.05) is 30.3 Å². The van der Waals surface area contributed by atoms with Crippen molar-refractivity contribution >= 4 is 10.9 Å². The van der Waals surface area contributed by atoms with Crippen molar-refractivity contribution in [2.24, 2.45) is 14.1 Å². The van der Waals surface area contributed by atoms with Gasteiger partial charge in [0.25, 0.3) is 11.1 Å². The SMILES string of the molecule is Cn1cc(-c2ccccc2)c(-c2cn(C)c(=O)c3[nH]c(-c4cnn(C(F)(F)F)c4)cc23)cc1=O. The number of aromatic amines is 1. The van der Waals surface area contributed by atoms with E-state index in [1.807, 2.05) is 30.3 Å². The Labute approximate surface area is 190 Å². The minimum absolute atomic E-state index is 0.0960. The Morgan fingerprint density at radius 3 is 2.24 bits per heavy atom. The van der Waals surface area contributed by atoms with E-state index >= 15 is 0 Å². The molecule has 172 valence electrons. The van der Waals surface area contributed by atoms with Gasteiger partial charge in [0.2, 0.25) is 0 Å². The topological polar surface area (TPSA) is 77.6 Å². The summed E-state index contributed by atoms with van der Waals surface area (Å²) in [6.07, 6.45) is 0.631. The number of halogens is 3. The molecule has 0 fully saturated rings. The third kappa shape index (κ3) is 3.53. The highest BCUT2D eigenvalue weighted by molar-refractivity contribution is 6.00. The number of hydrogen-bond acceptors (Lipinski definition) is 3. The van der Waals surface area contributed by atoms with Gasteiger partial charge in [-0.05, 0) is 17.2 Å². The summed E-state index contributed by atoms with van der Waals surface area (Å²) in [6, 6.07) is 12.6. The van der Waals surface area contributed by atoms with Gasteiger partial charge in [0.1, 0.15) is 5.52 Å². The summed E-state index contributed by atoms with van der Waals surface area (Å²) in [5, 5.41) is 3.86. The van der Waals surface area contributed by atoms with Crippen LogP contribution in [0.5, 0.6) is 0 Å². The third-order valence-electron chi connectivity index (χ3n) is 5.72. The van der Waals surface area contributed by atoms with Crippen LogP contribution in [-0.2, 0) is 20.4 Å². The van der Waals surface area contributed by atoms with Crippen molar-refractivity contribution in [1.82, 2.24) is 23.9 Å². The Morgan fingerprint density at radius 2 is 1.56 bits per heavy atom. The molecule has 0 radical (unpaired) electrons. The predicted octanol–water partition coefficient (Wildman–Crippen LogP) is 4.24. The molecule has 0 saturated heterocycles. The minimum Gasteiger partial charge on any atom is -0.350 e. The largest absolute Gasteiger partial charge is 0.504 e. The Bertz CT molecular complexity index is 1660.